The van der Waals surface area contributed by atoms with Crippen LogP contribution in [0.4, 0.5) is 0 Å². The Morgan fingerprint density at radius 1 is 0.659 bits per heavy atom. The van der Waals surface area contributed by atoms with Crippen LogP contribution in [0.25, 0.3) is 45.1 Å². The predicted octanol–water partition coefficient (Wildman–Crippen LogP) is 1.68. The van der Waals surface area contributed by atoms with Crippen molar-refractivity contribution in [1.29, 1.82) is 0 Å². The minimum atomic E-state index is -0.616. The third-order valence-corrected chi connectivity index (χ3v) is 9.26. The summed E-state index contributed by atoms with van der Waals surface area (Å²) >= 11 is 0. The summed E-state index contributed by atoms with van der Waals surface area (Å²) in [6.45, 7) is 4.97. The molecule has 4 aliphatic heterocycles. The van der Waals surface area contributed by atoms with Crippen LogP contribution in [-0.4, -0.2) is 28.2 Å². The van der Waals surface area contributed by atoms with E-state index in [1.54, 1.807) is 0 Å². The number of rotatable bonds is 4. The van der Waals surface area contributed by atoms with Crippen LogP contribution in [0.15, 0.2) is 67.7 Å². The number of hydrogen-bond acceptors (Lipinski definition) is 6. The zero-order valence-electron chi connectivity index (χ0n) is 25.2. The zero-order valence-corrected chi connectivity index (χ0v) is 25.2. The second-order valence-electron chi connectivity index (χ2n) is 11.5. The van der Waals surface area contributed by atoms with Crippen LogP contribution in [0.2, 0.25) is 0 Å². The van der Waals surface area contributed by atoms with Crippen molar-refractivity contribution in [3.05, 3.63) is 90.2 Å². The van der Waals surface area contributed by atoms with Gasteiger partial charge in [-0.25, -0.2) is 9.59 Å². The molecule has 0 spiro atoms. The minimum absolute atomic E-state index is 0.267. The molecule has 0 aromatic heterocycles. The highest BCUT2D eigenvalue weighted by molar-refractivity contribution is 5.77. The van der Waals surface area contributed by atoms with Crippen molar-refractivity contribution in [2.75, 3.05) is 0 Å². The summed E-state index contributed by atoms with van der Waals surface area (Å²) in [5.74, 6) is 0.662. The largest absolute Gasteiger partial charge is 0.352 e. The molecule has 0 N–H and O–H groups in total. The lowest BCUT2D eigenvalue weighted by molar-refractivity contribution is -0.658. The predicted molar refractivity (Wildman–Crippen MR) is 164 cm³/mol. The summed E-state index contributed by atoms with van der Waals surface area (Å²) in [4.78, 5) is 62.5. The van der Waals surface area contributed by atoms with E-state index in [1.165, 1.54) is 14.1 Å². The van der Waals surface area contributed by atoms with Gasteiger partial charge in [0, 0.05) is 26.2 Å². The normalized spacial score (nSPS) is 17.3. The molecular weight excluding hydrogens is 560 g/mol. The molecule has 0 radical (unpaired) electrons. The SMILES string of the molecule is CC[n+]1c2c(=O)n(C)c(=O)nc-2n([C@H]2CCCC[C@@H]2n2c3nc(=O)n(C)c(=O)c-3[n+](CC)c3ccccc32)c2ccccc21. The van der Waals surface area contributed by atoms with Crippen LogP contribution in [0.1, 0.15) is 51.6 Å². The molecule has 2 aromatic rings. The first-order valence-electron chi connectivity index (χ1n) is 15.2. The van der Waals surface area contributed by atoms with Gasteiger partial charge in [0.15, 0.2) is 0 Å². The fourth-order valence-corrected chi connectivity index (χ4v) is 7.21. The maximum Gasteiger partial charge on any atom is 0.352 e. The molecule has 1 fully saturated rings. The Labute approximate surface area is 251 Å². The van der Waals surface area contributed by atoms with E-state index in [4.69, 9.17) is 0 Å². The maximum atomic E-state index is 13.7. The van der Waals surface area contributed by atoms with Gasteiger partial charge in [0.1, 0.15) is 24.1 Å². The van der Waals surface area contributed by atoms with Crippen molar-refractivity contribution >= 4 is 22.1 Å². The van der Waals surface area contributed by atoms with E-state index in [0.29, 0.717) is 36.1 Å². The number of aryl methyl sites for hydroxylation is 2. The molecule has 2 atom stereocenters. The molecule has 12 heteroatoms. The molecule has 4 heterocycles. The lowest BCUT2D eigenvalue weighted by Crippen LogP contribution is -2.50. The maximum absolute atomic E-state index is 13.7. The number of fused-ring (bicyclic) bond motifs is 4. The van der Waals surface area contributed by atoms with E-state index in [2.05, 4.69) is 19.1 Å². The van der Waals surface area contributed by atoms with Gasteiger partial charge in [0.05, 0.1) is 12.1 Å². The van der Waals surface area contributed by atoms with Crippen molar-refractivity contribution < 1.29 is 9.13 Å². The summed E-state index contributed by atoms with van der Waals surface area (Å²) in [7, 11) is 2.90. The minimum Gasteiger partial charge on any atom is -0.310 e. The highest BCUT2D eigenvalue weighted by atomic mass is 16.2. The molecule has 5 aliphatic rings. The highest BCUT2D eigenvalue weighted by Gasteiger charge is 2.40. The zero-order chi connectivity index (χ0) is 30.9. The Bertz CT molecular complexity index is 2130. The molecule has 12 nitrogen and oxygen atoms in total. The third-order valence-electron chi connectivity index (χ3n) is 9.26. The first kappa shape index (κ1) is 27.8. The van der Waals surface area contributed by atoms with E-state index in [1.807, 2.05) is 71.5 Å². The van der Waals surface area contributed by atoms with Crippen molar-refractivity contribution in [3.8, 4) is 23.0 Å². The lowest BCUT2D eigenvalue weighted by atomic mass is 9.88. The highest BCUT2D eigenvalue weighted by Crippen LogP contribution is 2.43. The van der Waals surface area contributed by atoms with Crippen molar-refractivity contribution in [1.82, 2.24) is 28.2 Å². The van der Waals surface area contributed by atoms with Gasteiger partial charge in [-0.05, 0) is 38.8 Å². The molecular formula is C32H34N8O4+2. The Morgan fingerprint density at radius 3 is 1.43 bits per heavy atom. The van der Waals surface area contributed by atoms with Crippen LogP contribution in [0.5, 0.6) is 0 Å². The molecule has 0 bridgehead atoms. The Hall–Kier alpha value is -5.00. The van der Waals surface area contributed by atoms with E-state index in [9.17, 15) is 19.2 Å². The van der Waals surface area contributed by atoms with Crippen LogP contribution >= 0.6 is 0 Å². The number of aromatic nitrogens is 8. The summed E-state index contributed by atoms with van der Waals surface area (Å²) < 4.78 is 10.1. The van der Waals surface area contributed by atoms with Crippen LogP contribution in [0, 0.1) is 0 Å². The molecule has 44 heavy (non-hydrogen) atoms. The fourth-order valence-electron chi connectivity index (χ4n) is 7.21. The Kier molecular flexibility index (Phi) is 6.52. The molecule has 0 amide bonds. The first-order chi connectivity index (χ1) is 21.3. The smallest absolute Gasteiger partial charge is 0.310 e. The number of para-hydroxylation sites is 4. The van der Waals surface area contributed by atoms with Crippen molar-refractivity contribution in [2.45, 2.75) is 64.7 Å². The third kappa shape index (κ3) is 3.82. The molecule has 0 saturated heterocycles. The molecule has 224 valence electrons. The van der Waals surface area contributed by atoms with Gasteiger partial charge in [-0.2, -0.15) is 19.1 Å². The topological polar surface area (TPSA) is 122 Å². The number of nitrogens with zero attached hydrogens (tertiary/aromatic N) is 8. The van der Waals surface area contributed by atoms with Crippen LogP contribution < -0.4 is 31.6 Å². The Balaban J connectivity index is 1.64. The standard InChI is InChI=1S/C32H34N8O4/c1-5-37-19-13-7-9-15-21(19)39(27-25(37)29(41)35(3)31(43)33-27)23-17-11-12-18-24(23)40-22-16-10-8-14-20(22)38(6-2)26-28(40)34-32(44)36(4)30(26)42/h7-10,13-16,23-24H,5-6,11-12,17-18H2,1-4H3/q+2/t23-,24-/m0/s1. The number of benzene rings is 2. The summed E-state index contributed by atoms with van der Waals surface area (Å²) in [5.41, 5.74) is 2.10. The summed E-state index contributed by atoms with van der Waals surface area (Å²) in [6, 6.07) is 15.2. The fraction of sp³-hybridized carbons (Fsp3) is 0.375. The first-order valence-corrected chi connectivity index (χ1v) is 15.2. The molecule has 1 saturated carbocycles. The van der Waals surface area contributed by atoms with Crippen molar-refractivity contribution in [3.63, 3.8) is 0 Å². The van der Waals surface area contributed by atoms with Gasteiger partial charge < -0.3 is 9.13 Å². The molecule has 0 unspecified atom stereocenters. The van der Waals surface area contributed by atoms with E-state index >= 15 is 0 Å². The second kappa shape index (κ2) is 10.3. The second-order valence-corrected chi connectivity index (χ2v) is 11.5. The van der Waals surface area contributed by atoms with E-state index in [-0.39, 0.29) is 12.1 Å². The van der Waals surface area contributed by atoms with Gasteiger partial charge in [0.25, 0.3) is 0 Å². The molecule has 1 aliphatic carbocycles. The van der Waals surface area contributed by atoms with Gasteiger partial charge in [-0.1, -0.05) is 37.1 Å². The molecule has 2 aromatic carbocycles. The monoisotopic (exact) mass is 594 g/mol. The van der Waals surface area contributed by atoms with Gasteiger partial charge in [0.2, 0.25) is 22.7 Å². The average molecular weight is 595 g/mol. The number of hydrogen-bond donors (Lipinski definition) is 0. The summed E-state index contributed by atoms with van der Waals surface area (Å²) in [6.07, 6.45) is 3.30. The quantitative estimate of drug-likeness (QED) is 0.226. The van der Waals surface area contributed by atoms with Crippen LogP contribution in [-0.2, 0) is 27.2 Å². The Morgan fingerprint density at radius 2 is 1.05 bits per heavy atom. The van der Waals surface area contributed by atoms with Crippen LogP contribution in [0.3, 0.4) is 0 Å². The van der Waals surface area contributed by atoms with E-state index in [0.717, 1.165) is 56.9 Å². The van der Waals surface area contributed by atoms with E-state index < -0.39 is 22.5 Å². The van der Waals surface area contributed by atoms with Gasteiger partial charge in [-0.3, -0.25) is 18.7 Å². The van der Waals surface area contributed by atoms with Gasteiger partial charge >= 0.3 is 33.9 Å². The molecule has 7 rings (SSSR count). The summed E-state index contributed by atoms with van der Waals surface area (Å²) in [5, 5.41) is 0. The lowest BCUT2D eigenvalue weighted by Gasteiger charge is -2.37. The van der Waals surface area contributed by atoms with Gasteiger partial charge in [-0.15, -0.1) is 0 Å². The van der Waals surface area contributed by atoms with Crippen molar-refractivity contribution in [2.24, 2.45) is 14.1 Å². The average Bonchev–Trinajstić information content (AvgIpc) is 3.04.